The molecule has 0 radical (unpaired) electrons. The molecule has 0 aromatic rings. The van der Waals surface area contributed by atoms with Gasteiger partial charge in [0.05, 0.1) is 0 Å². The summed E-state index contributed by atoms with van der Waals surface area (Å²) in [5.41, 5.74) is -0.950. The molecule has 4 bridgehead atoms. The lowest BCUT2D eigenvalue weighted by Gasteiger charge is -2.54. The van der Waals surface area contributed by atoms with Gasteiger partial charge in [0, 0.05) is 11.8 Å². The second-order valence-corrected chi connectivity index (χ2v) is 6.06. The van der Waals surface area contributed by atoms with Gasteiger partial charge in [-0.1, -0.05) is 0 Å². The molecule has 4 saturated carbocycles. The lowest BCUT2D eigenvalue weighted by Crippen LogP contribution is -2.58. The highest BCUT2D eigenvalue weighted by Crippen LogP contribution is 2.55. The smallest absolute Gasteiger partial charge is 0.396 e. The molecule has 0 N–H and O–H groups in total. The molecule has 4 fully saturated rings. The topological polar surface area (TPSA) is 60.4 Å². The third-order valence-corrected chi connectivity index (χ3v) is 4.67. The average molecular weight is 272 g/mol. The summed E-state index contributed by atoms with van der Waals surface area (Å²) in [7, 11) is 0. The van der Waals surface area contributed by atoms with Crippen molar-refractivity contribution in [1.82, 2.24) is 0 Å². The number of ketones is 1. The highest BCUT2D eigenvalue weighted by Gasteiger charge is 2.58. The molecule has 4 aliphatic carbocycles. The third-order valence-electron chi connectivity index (χ3n) is 4.67. The zero-order chi connectivity index (χ0) is 13.8. The van der Waals surface area contributed by atoms with E-state index in [0.29, 0.717) is 19.3 Å². The Morgan fingerprint density at radius 1 is 1.26 bits per heavy atom. The molecule has 0 amide bonds. The summed E-state index contributed by atoms with van der Waals surface area (Å²) in [4.78, 5) is 33.5. The van der Waals surface area contributed by atoms with Gasteiger partial charge in [-0.25, -0.2) is 4.79 Å². The van der Waals surface area contributed by atoms with Crippen LogP contribution in [-0.4, -0.2) is 29.6 Å². The van der Waals surface area contributed by atoms with Crippen LogP contribution in [-0.2, 0) is 19.1 Å². The van der Waals surface area contributed by atoms with Gasteiger partial charge in [-0.05, 0) is 38.0 Å². The van der Waals surface area contributed by atoms with Crippen molar-refractivity contribution >= 4 is 18.0 Å². The summed E-state index contributed by atoms with van der Waals surface area (Å²) < 4.78 is 31.0. The minimum atomic E-state index is -4.09. The fourth-order valence-electron chi connectivity index (χ4n) is 4.11. The molecule has 0 saturated heterocycles. The lowest BCUT2D eigenvalue weighted by molar-refractivity contribution is -0.206. The standard InChI is InChI=1S/C13H14F2O4/c14-13(15,6-16)11(18)19-12-3-7-1-8(4-12)10(17)9(2-7)5-12/h6-9H,1-5H2. The number of carbonyl (C=O) groups is 3. The number of ether oxygens (including phenoxy) is 1. The molecule has 4 rings (SSSR count). The van der Waals surface area contributed by atoms with Crippen LogP contribution in [0, 0.1) is 17.8 Å². The maximum absolute atomic E-state index is 13.0. The molecule has 0 heterocycles. The minimum absolute atomic E-state index is 0.163. The second kappa shape index (κ2) is 3.84. The van der Waals surface area contributed by atoms with Crippen LogP contribution >= 0.6 is 0 Å². The van der Waals surface area contributed by atoms with Crippen molar-refractivity contribution in [1.29, 1.82) is 0 Å². The van der Waals surface area contributed by atoms with Crippen LogP contribution in [0.1, 0.15) is 32.1 Å². The van der Waals surface area contributed by atoms with Crippen molar-refractivity contribution < 1.29 is 27.9 Å². The Balaban J connectivity index is 1.80. The molecule has 0 spiro atoms. The predicted octanol–water partition coefficient (Wildman–Crippen LogP) is 1.51. The SMILES string of the molecule is O=CC(F)(F)C(=O)OC12CC3CC(C1)C(=O)C(C3)C2. The Bertz CT molecular complexity index is 442. The van der Waals surface area contributed by atoms with Crippen molar-refractivity contribution in [3.63, 3.8) is 0 Å². The van der Waals surface area contributed by atoms with Crippen molar-refractivity contribution in [3.05, 3.63) is 0 Å². The molecule has 0 aliphatic heterocycles. The molecule has 104 valence electrons. The lowest BCUT2D eigenvalue weighted by atomic mass is 9.53. The summed E-state index contributed by atoms with van der Waals surface area (Å²) in [6.45, 7) is 0. The molecule has 2 unspecified atom stereocenters. The van der Waals surface area contributed by atoms with Crippen LogP contribution in [0.3, 0.4) is 0 Å². The van der Waals surface area contributed by atoms with Crippen LogP contribution in [0.2, 0.25) is 0 Å². The molecular formula is C13H14F2O4. The van der Waals surface area contributed by atoms with Crippen molar-refractivity contribution in [2.75, 3.05) is 0 Å². The van der Waals surface area contributed by atoms with Gasteiger partial charge in [0.2, 0.25) is 6.29 Å². The van der Waals surface area contributed by atoms with Gasteiger partial charge in [0.1, 0.15) is 11.4 Å². The zero-order valence-electron chi connectivity index (χ0n) is 10.2. The van der Waals surface area contributed by atoms with Crippen LogP contribution in [0.15, 0.2) is 0 Å². The number of hydrogen-bond acceptors (Lipinski definition) is 4. The summed E-state index contributed by atoms with van der Waals surface area (Å²) in [6.07, 6.45) is 2.06. The average Bonchev–Trinajstić information content (AvgIpc) is 2.34. The Morgan fingerprint density at radius 3 is 2.37 bits per heavy atom. The van der Waals surface area contributed by atoms with E-state index in [2.05, 4.69) is 0 Å². The van der Waals surface area contributed by atoms with E-state index >= 15 is 0 Å². The van der Waals surface area contributed by atoms with Gasteiger partial charge in [-0.3, -0.25) is 9.59 Å². The van der Waals surface area contributed by atoms with E-state index in [4.69, 9.17) is 4.74 Å². The normalized spacial score (nSPS) is 40.3. The first kappa shape index (κ1) is 12.7. The van der Waals surface area contributed by atoms with Crippen molar-refractivity contribution in [2.45, 2.75) is 43.6 Å². The Labute approximate surface area is 108 Å². The summed E-state index contributed by atoms with van der Waals surface area (Å²) >= 11 is 0. The van der Waals surface area contributed by atoms with Crippen LogP contribution in [0.4, 0.5) is 8.78 Å². The van der Waals surface area contributed by atoms with Crippen molar-refractivity contribution in [3.8, 4) is 0 Å². The Morgan fingerprint density at radius 2 is 1.84 bits per heavy atom. The maximum Gasteiger partial charge on any atom is 0.396 e. The van der Waals surface area contributed by atoms with Crippen molar-refractivity contribution in [2.24, 2.45) is 17.8 Å². The molecule has 2 atom stereocenters. The van der Waals surface area contributed by atoms with E-state index < -0.39 is 23.8 Å². The Hall–Kier alpha value is -1.33. The second-order valence-electron chi connectivity index (χ2n) is 6.06. The van der Waals surface area contributed by atoms with E-state index in [1.165, 1.54) is 0 Å². The molecule has 4 aliphatic rings. The third kappa shape index (κ3) is 1.88. The van der Waals surface area contributed by atoms with E-state index in [0.717, 1.165) is 12.8 Å². The van der Waals surface area contributed by atoms with Crippen LogP contribution < -0.4 is 0 Å². The van der Waals surface area contributed by atoms with E-state index in [1.807, 2.05) is 0 Å². The number of aldehydes is 1. The Kier molecular flexibility index (Phi) is 2.56. The number of Topliss-reactive ketones (excluding diaryl/α,β-unsaturated/α-hetero) is 1. The summed E-state index contributed by atoms with van der Waals surface area (Å²) in [5.74, 6) is -5.74. The van der Waals surface area contributed by atoms with Crippen LogP contribution in [0.25, 0.3) is 0 Å². The highest BCUT2D eigenvalue weighted by molar-refractivity contribution is 5.94. The quantitative estimate of drug-likeness (QED) is 0.444. The number of carbonyl (C=O) groups excluding carboxylic acids is 3. The molecular weight excluding hydrogens is 258 g/mol. The van der Waals surface area contributed by atoms with Gasteiger partial charge in [-0.15, -0.1) is 0 Å². The minimum Gasteiger partial charge on any atom is -0.454 e. The molecule has 4 nitrogen and oxygen atoms in total. The maximum atomic E-state index is 13.0. The van der Waals surface area contributed by atoms with Gasteiger partial charge in [0.15, 0.2) is 0 Å². The van der Waals surface area contributed by atoms with Gasteiger partial charge >= 0.3 is 11.9 Å². The summed E-state index contributed by atoms with van der Waals surface area (Å²) in [5, 5.41) is 0. The van der Waals surface area contributed by atoms with E-state index in [-0.39, 0.29) is 23.5 Å². The number of alkyl halides is 2. The number of halogens is 2. The fourth-order valence-corrected chi connectivity index (χ4v) is 4.11. The first-order valence-corrected chi connectivity index (χ1v) is 6.46. The molecule has 0 aromatic carbocycles. The number of esters is 1. The monoisotopic (exact) mass is 272 g/mol. The molecule has 6 heteroatoms. The number of hydrogen-bond donors (Lipinski definition) is 0. The molecule has 0 aromatic heterocycles. The first-order valence-electron chi connectivity index (χ1n) is 6.46. The van der Waals surface area contributed by atoms with Crippen LogP contribution in [0.5, 0.6) is 0 Å². The largest absolute Gasteiger partial charge is 0.454 e. The first-order chi connectivity index (χ1) is 8.85. The van der Waals surface area contributed by atoms with Gasteiger partial charge in [0.25, 0.3) is 0 Å². The number of rotatable bonds is 3. The summed E-state index contributed by atoms with van der Waals surface area (Å²) in [6, 6.07) is 0. The van der Waals surface area contributed by atoms with Gasteiger partial charge < -0.3 is 4.74 Å². The van der Waals surface area contributed by atoms with E-state index in [1.54, 1.807) is 0 Å². The van der Waals surface area contributed by atoms with Gasteiger partial charge in [-0.2, -0.15) is 8.78 Å². The zero-order valence-corrected chi connectivity index (χ0v) is 10.2. The highest BCUT2D eigenvalue weighted by atomic mass is 19.3. The molecule has 19 heavy (non-hydrogen) atoms. The fraction of sp³-hybridized carbons (Fsp3) is 0.769. The van der Waals surface area contributed by atoms with E-state index in [9.17, 15) is 23.2 Å². The predicted molar refractivity (Wildman–Crippen MR) is 58.4 cm³/mol.